The van der Waals surface area contributed by atoms with Gasteiger partial charge in [-0.25, -0.2) is 0 Å². The molecule has 0 saturated carbocycles. The zero-order valence-corrected chi connectivity index (χ0v) is 18.0. The standard InChI is InChI=1S/C23H24N2O4S/c1-23(2,3)19(26)13-22-25(21(28)15-30-22)14-20(27)24-16-9-11-18(12-10-16)29-17-7-5-4-6-8-17/h4-13H,14-15H2,1-3H3,(H,24,27)/b22-13-. The van der Waals surface area contributed by atoms with Gasteiger partial charge in [0.25, 0.3) is 0 Å². The number of ketones is 1. The fourth-order valence-corrected chi connectivity index (χ4v) is 3.54. The summed E-state index contributed by atoms with van der Waals surface area (Å²) >= 11 is 1.27. The number of allylic oxidation sites excluding steroid dienone is 1. The summed E-state index contributed by atoms with van der Waals surface area (Å²) in [6, 6.07) is 16.4. The highest BCUT2D eigenvalue weighted by atomic mass is 32.2. The first-order valence-corrected chi connectivity index (χ1v) is 10.5. The second-order valence-electron chi connectivity index (χ2n) is 7.85. The van der Waals surface area contributed by atoms with E-state index in [0.717, 1.165) is 5.75 Å². The van der Waals surface area contributed by atoms with Gasteiger partial charge in [0.1, 0.15) is 18.0 Å². The first-order valence-electron chi connectivity index (χ1n) is 9.54. The van der Waals surface area contributed by atoms with Crippen LogP contribution in [-0.4, -0.2) is 34.8 Å². The lowest BCUT2D eigenvalue weighted by Crippen LogP contribution is -2.34. The molecular weight excluding hydrogens is 400 g/mol. The van der Waals surface area contributed by atoms with Crippen molar-refractivity contribution in [3.05, 3.63) is 65.7 Å². The molecule has 2 amide bonds. The quantitative estimate of drug-likeness (QED) is 0.694. The number of carbonyl (C=O) groups is 3. The number of nitrogens with one attached hydrogen (secondary N) is 1. The van der Waals surface area contributed by atoms with Gasteiger partial charge in [0.05, 0.1) is 10.8 Å². The van der Waals surface area contributed by atoms with E-state index in [1.807, 2.05) is 51.1 Å². The minimum Gasteiger partial charge on any atom is -0.457 e. The molecule has 6 nitrogen and oxygen atoms in total. The SMILES string of the molecule is CC(C)(C)C(=O)/C=C1\SCC(=O)N1CC(=O)Nc1ccc(Oc2ccccc2)cc1. The van der Waals surface area contributed by atoms with E-state index in [0.29, 0.717) is 16.5 Å². The molecule has 0 spiro atoms. The number of carbonyl (C=O) groups excluding carboxylic acids is 3. The van der Waals surface area contributed by atoms with Gasteiger partial charge in [-0.2, -0.15) is 0 Å². The Kier molecular flexibility index (Phi) is 6.62. The van der Waals surface area contributed by atoms with Gasteiger partial charge in [-0.1, -0.05) is 50.7 Å². The number of benzene rings is 2. The van der Waals surface area contributed by atoms with Crippen molar-refractivity contribution in [1.29, 1.82) is 0 Å². The van der Waals surface area contributed by atoms with Crippen molar-refractivity contribution in [1.82, 2.24) is 4.90 Å². The second kappa shape index (κ2) is 9.17. The minimum atomic E-state index is -0.545. The molecule has 3 rings (SSSR count). The molecule has 2 aromatic rings. The summed E-state index contributed by atoms with van der Waals surface area (Å²) in [7, 11) is 0. The summed E-state index contributed by atoms with van der Waals surface area (Å²) in [5.41, 5.74) is 0.0486. The van der Waals surface area contributed by atoms with E-state index in [1.165, 1.54) is 22.7 Å². The maximum absolute atomic E-state index is 12.5. The number of anilines is 1. The van der Waals surface area contributed by atoms with Gasteiger partial charge in [0.2, 0.25) is 11.8 Å². The summed E-state index contributed by atoms with van der Waals surface area (Å²) in [5, 5.41) is 3.29. The normalized spacial score (nSPS) is 15.4. The number of amides is 2. The predicted molar refractivity (Wildman–Crippen MR) is 118 cm³/mol. The topological polar surface area (TPSA) is 75.7 Å². The molecule has 156 valence electrons. The fourth-order valence-electron chi connectivity index (χ4n) is 2.60. The van der Waals surface area contributed by atoms with E-state index in [1.54, 1.807) is 24.3 Å². The van der Waals surface area contributed by atoms with Crippen LogP contribution in [0.2, 0.25) is 0 Å². The number of hydrogen-bond donors (Lipinski definition) is 1. The van der Waals surface area contributed by atoms with E-state index >= 15 is 0 Å². The van der Waals surface area contributed by atoms with E-state index < -0.39 is 5.41 Å². The Labute approximate surface area is 180 Å². The third kappa shape index (κ3) is 5.73. The van der Waals surface area contributed by atoms with Crippen LogP contribution in [0.4, 0.5) is 5.69 Å². The van der Waals surface area contributed by atoms with Crippen LogP contribution in [0.25, 0.3) is 0 Å². The highest BCUT2D eigenvalue weighted by Crippen LogP contribution is 2.30. The highest BCUT2D eigenvalue weighted by Gasteiger charge is 2.30. The first-order chi connectivity index (χ1) is 14.2. The average molecular weight is 425 g/mol. The van der Waals surface area contributed by atoms with Crippen molar-refractivity contribution in [2.45, 2.75) is 20.8 Å². The second-order valence-corrected chi connectivity index (χ2v) is 8.85. The number of hydrogen-bond acceptors (Lipinski definition) is 5. The molecule has 0 atom stereocenters. The fraction of sp³-hybridized carbons (Fsp3) is 0.261. The molecule has 1 aliphatic rings. The number of nitrogens with zero attached hydrogens (tertiary/aromatic N) is 1. The third-order valence-corrected chi connectivity index (χ3v) is 5.35. The lowest BCUT2D eigenvalue weighted by Gasteiger charge is -2.19. The average Bonchev–Trinajstić information content (AvgIpc) is 3.03. The van der Waals surface area contributed by atoms with Gasteiger partial charge in [0.15, 0.2) is 5.78 Å². The van der Waals surface area contributed by atoms with Crippen molar-refractivity contribution in [2.24, 2.45) is 5.41 Å². The maximum atomic E-state index is 12.5. The molecule has 1 aliphatic heterocycles. The Balaban J connectivity index is 1.61. The Morgan fingerprint density at radius 2 is 1.70 bits per heavy atom. The van der Waals surface area contributed by atoms with Crippen LogP contribution >= 0.6 is 11.8 Å². The van der Waals surface area contributed by atoms with Gasteiger partial charge in [-0.05, 0) is 36.4 Å². The van der Waals surface area contributed by atoms with Crippen LogP contribution in [0, 0.1) is 5.41 Å². The third-order valence-electron chi connectivity index (χ3n) is 4.32. The Morgan fingerprint density at radius 3 is 2.33 bits per heavy atom. The van der Waals surface area contributed by atoms with Gasteiger partial charge in [0, 0.05) is 17.2 Å². The summed E-state index contributed by atoms with van der Waals surface area (Å²) in [5.74, 6) is 0.993. The molecule has 0 bridgehead atoms. The van der Waals surface area contributed by atoms with Crippen LogP contribution in [0.3, 0.4) is 0 Å². The van der Waals surface area contributed by atoms with E-state index in [4.69, 9.17) is 4.74 Å². The number of thioether (sulfide) groups is 1. The van der Waals surface area contributed by atoms with E-state index in [2.05, 4.69) is 5.32 Å². The molecule has 0 radical (unpaired) electrons. The molecule has 0 aromatic heterocycles. The number of rotatable bonds is 6. The summed E-state index contributed by atoms with van der Waals surface area (Å²) < 4.78 is 5.73. The Morgan fingerprint density at radius 1 is 1.07 bits per heavy atom. The molecule has 30 heavy (non-hydrogen) atoms. The lowest BCUT2D eigenvalue weighted by atomic mass is 9.91. The highest BCUT2D eigenvalue weighted by molar-refractivity contribution is 8.04. The van der Waals surface area contributed by atoms with Crippen molar-refractivity contribution < 1.29 is 19.1 Å². The van der Waals surface area contributed by atoms with Crippen molar-refractivity contribution in [2.75, 3.05) is 17.6 Å². The van der Waals surface area contributed by atoms with Crippen LogP contribution in [-0.2, 0) is 14.4 Å². The monoisotopic (exact) mass is 424 g/mol. The maximum Gasteiger partial charge on any atom is 0.244 e. The van der Waals surface area contributed by atoms with Crippen LogP contribution in [0.1, 0.15) is 20.8 Å². The number of para-hydroxylation sites is 1. The van der Waals surface area contributed by atoms with E-state index in [-0.39, 0.29) is 29.9 Å². The molecule has 7 heteroatoms. The van der Waals surface area contributed by atoms with Crippen LogP contribution in [0.5, 0.6) is 11.5 Å². The summed E-state index contributed by atoms with van der Waals surface area (Å²) in [6.45, 7) is 5.31. The Hall–Kier alpha value is -3.06. The summed E-state index contributed by atoms with van der Waals surface area (Å²) in [4.78, 5) is 38.3. The largest absolute Gasteiger partial charge is 0.457 e. The molecule has 0 aliphatic carbocycles. The molecule has 1 heterocycles. The molecule has 0 unspecified atom stereocenters. The lowest BCUT2D eigenvalue weighted by molar-refractivity contribution is -0.129. The Bertz CT molecular complexity index is 963. The number of ether oxygens (including phenoxy) is 1. The van der Waals surface area contributed by atoms with Crippen LogP contribution in [0.15, 0.2) is 65.7 Å². The van der Waals surface area contributed by atoms with Gasteiger partial charge in [-0.15, -0.1) is 0 Å². The zero-order valence-electron chi connectivity index (χ0n) is 17.2. The smallest absolute Gasteiger partial charge is 0.244 e. The van der Waals surface area contributed by atoms with Gasteiger partial charge < -0.3 is 10.1 Å². The van der Waals surface area contributed by atoms with Crippen molar-refractivity contribution >= 4 is 35.0 Å². The summed E-state index contributed by atoms with van der Waals surface area (Å²) in [6.07, 6.45) is 1.46. The molecule has 1 N–H and O–H groups in total. The predicted octanol–water partition coefficient (Wildman–Crippen LogP) is 4.45. The van der Waals surface area contributed by atoms with Gasteiger partial charge in [-0.3, -0.25) is 19.3 Å². The molecule has 1 fully saturated rings. The molecular formula is C23H24N2O4S. The zero-order chi connectivity index (χ0) is 21.7. The minimum absolute atomic E-state index is 0.0842. The molecule has 1 saturated heterocycles. The first kappa shape index (κ1) is 21.6. The van der Waals surface area contributed by atoms with Crippen molar-refractivity contribution in [3.63, 3.8) is 0 Å². The van der Waals surface area contributed by atoms with E-state index in [9.17, 15) is 14.4 Å². The van der Waals surface area contributed by atoms with Crippen LogP contribution < -0.4 is 10.1 Å². The van der Waals surface area contributed by atoms with Crippen molar-refractivity contribution in [3.8, 4) is 11.5 Å². The van der Waals surface area contributed by atoms with Gasteiger partial charge >= 0.3 is 0 Å². The molecule has 2 aromatic carbocycles.